The highest BCUT2D eigenvalue weighted by Crippen LogP contribution is 2.43. The largest absolute Gasteiger partial charge is 0.471 e. The number of primary amides is 1. The first kappa shape index (κ1) is 29.1. The zero-order chi connectivity index (χ0) is 30.3. The molecule has 0 aliphatic carbocycles. The number of carbonyl (C=O) groups excluding carboxylic acids is 2. The predicted octanol–water partition coefficient (Wildman–Crippen LogP) is 6.28. The molecule has 0 bridgehead atoms. The van der Waals surface area contributed by atoms with Crippen LogP contribution in [0.15, 0.2) is 36.7 Å². The van der Waals surface area contributed by atoms with E-state index in [0.717, 1.165) is 22.5 Å². The first-order valence-corrected chi connectivity index (χ1v) is 14.0. The third-order valence-electron chi connectivity index (χ3n) is 6.58. The Morgan fingerprint density at radius 3 is 2.45 bits per heavy atom. The van der Waals surface area contributed by atoms with Gasteiger partial charge in [0.05, 0.1) is 11.4 Å². The molecular weight excluding hydrogens is 588 g/mol. The number of amides is 2. The molecule has 2 amide bonds. The average Bonchev–Trinajstić information content (AvgIpc) is 3.67. The fraction of sp³-hybridized carbons (Fsp3) is 0.250. The number of aryl methyl sites for hydroxylation is 4. The number of ether oxygens (including phenoxy) is 1. The summed E-state index contributed by atoms with van der Waals surface area (Å²) in [4.78, 5) is 29.9. The van der Waals surface area contributed by atoms with Crippen molar-refractivity contribution in [2.24, 2.45) is 5.73 Å². The Hall–Kier alpha value is -4.36. The van der Waals surface area contributed by atoms with Gasteiger partial charge in [0.25, 0.3) is 18.2 Å². The summed E-state index contributed by atoms with van der Waals surface area (Å²) in [7, 11) is 0. The second-order valence-corrected chi connectivity index (χ2v) is 10.9. The summed E-state index contributed by atoms with van der Waals surface area (Å²) < 4.78 is 36.6. The normalized spacial score (nSPS) is 11.4. The number of nitrogens with one attached hydrogen (secondary N) is 1. The number of halogens is 3. The maximum absolute atomic E-state index is 13.8. The number of hydrogen-bond acceptors (Lipinski definition) is 7. The van der Waals surface area contributed by atoms with Gasteiger partial charge in [0.15, 0.2) is 12.4 Å². The maximum atomic E-state index is 13.8. The number of fused-ring (bicyclic) bond motifs is 1. The summed E-state index contributed by atoms with van der Waals surface area (Å²) in [6.45, 7) is 7.97. The van der Waals surface area contributed by atoms with Gasteiger partial charge in [-0.2, -0.15) is 10.2 Å². The van der Waals surface area contributed by atoms with Gasteiger partial charge in [-0.25, -0.2) is 18.4 Å². The van der Waals surface area contributed by atoms with Crippen LogP contribution in [0.2, 0.25) is 5.02 Å². The van der Waals surface area contributed by atoms with Crippen molar-refractivity contribution < 1.29 is 23.1 Å². The van der Waals surface area contributed by atoms with Crippen molar-refractivity contribution in [1.82, 2.24) is 24.5 Å². The summed E-state index contributed by atoms with van der Waals surface area (Å²) in [5.74, 6) is -0.887. The van der Waals surface area contributed by atoms with Crippen LogP contribution in [0.4, 0.5) is 14.5 Å². The molecular formula is C28H26ClF2N7O3S. The first-order chi connectivity index (χ1) is 20.0. The van der Waals surface area contributed by atoms with Gasteiger partial charge in [-0.05, 0) is 68.7 Å². The van der Waals surface area contributed by atoms with Crippen LogP contribution < -0.4 is 15.8 Å². The van der Waals surface area contributed by atoms with Crippen LogP contribution in [0.1, 0.15) is 56.0 Å². The fourth-order valence-electron chi connectivity index (χ4n) is 4.54. The van der Waals surface area contributed by atoms with E-state index in [-0.39, 0.29) is 27.8 Å². The van der Waals surface area contributed by atoms with Gasteiger partial charge in [-0.3, -0.25) is 14.3 Å². The Kier molecular flexibility index (Phi) is 7.97. The van der Waals surface area contributed by atoms with Crippen molar-refractivity contribution in [3.05, 3.63) is 74.8 Å². The lowest BCUT2D eigenvalue weighted by molar-refractivity contribution is 0.100. The van der Waals surface area contributed by atoms with Crippen LogP contribution in [0.3, 0.4) is 0 Å². The summed E-state index contributed by atoms with van der Waals surface area (Å²) in [6, 6.07) is 6.34. The highest BCUT2D eigenvalue weighted by molar-refractivity contribution is 7.21. The number of nitrogens with two attached hydrogens (primary N) is 1. The van der Waals surface area contributed by atoms with Gasteiger partial charge in [-0.15, -0.1) is 11.3 Å². The number of rotatable bonds is 9. The first-order valence-electron chi connectivity index (χ1n) is 12.8. The number of hydrogen-bond donors (Lipinski definition) is 2. The standard InChI is InChI=1S/C28H26ClF2N7O3S/c1-5-37-11-18(15(4)35-37)17-10-20(25(30)31)33-28-21(17)23(24(42-28)26(32)39)34-27(40)19-6-7-38(36-19)12-41-16-8-13(2)22(29)14(3)9-16/h6-11,25H,5,12H2,1-4H3,(H2,32,39)(H,34,40). The van der Waals surface area contributed by atoms with Gasteiger partial charge < -0.3 is 15.8 Å². The van der Waals surface area contributed by atoms with Crippen LogP contribution >= 0.6 is 22.9 Å². The van der Waals surface area contributed by atoms with E-state index in [1.165, 1.54) is 16.8 Å². The van der Waals surface area contributed by atoms with Crippen molar-refractivity contribution >= 4 is 50.7 Å². The molecule has 1 aromatic carbocycles. The van der Waals surface area contributed by atoms with E-state index in [1.807, 2.05) is 20.8 Å². The summed E-state index contributed by atoms with van der Waals surface area (Å²) in [5, 5.41) is 12.4. The molecule has 5 rings (SSSR count). The lowest BCUT2D eigenvalue weighted by atomic mass is 10.0. The Morgan fingerprint density at radius 1 is 1.12 bits per heavy atom. The van der Waals surface area contributed by atoms with E-state index in [1.54, 1.807) is 36.1 Å². The minimum Gasteiger partial charge on any atom is -0.471 e. The lowest BCUT2D eigenvalue weighted by Crippen LogP contribution is -2.18. The third kappa shape index (κ3) is 5.57. The molecule has 0 saturated heterocycles. The molecule has 0 saturated carbocycles. The van der Waals surface area contributed by atoms with Gasteiger partial charge in [-0.1, -0.05) is 11.6 Å². The quantitative estimate of drug-likeness (QED) is 0.201. The molecule has 4 heterocycles. The number of carbonyl (C=O) groups is 2. The molecule has 0 aliphatic rings. The molecule has 0 spiro atoms. The van der Waals surface area contributed by atoms with Gasteiger partial charge in [0.2, 0.25) is 0 Å². The molecule has 42 heavy (non-hydrogen) atoms. The molecule has 3 N–H and O–H groups in total. The van der Waals surface area contributed by atoms with Crippen LogP contribution in [-0.4, -0.2) is 36.4 Å². The number of anilines is 1. The molecule has 0 radical (unpaired) electrons. The van der Waals surface area contributed by atoms with Crippen LogP contribution in [-0.2, 0) is 13.3 Å². The molecule has 5 aromatic rings. The number of aromatic nitrogens is 5. The number of benzene rings is 1. The lowest BCUT2D eigenvalue weighted by Gasteiger charge is -2.10. The van der Waals surface area contributed by atoms with E-state index in [9.17, 15) is 18.4 Å². The minimum atomic E-state index is -2.86. The van der Waals surface area contributed by atoms with Gasteiger partial charge in [0, 0.05) is 34.9 Å². The van der Waals surface area contributed by atoms with Crippen LogP contribution in [0, 0.1) is 20.8 Å². The fourth-order valence-corrected chi connectivity index (χ4v) is 5.66. The third-order valence-corrected chi connectivity index (χ3v) is 8.27. The van der Waals surface area contributed by atoms with E-state index in [0.29, 0.717) is 39.5 Å². The van der Waals surface area contributed by atoms with Crippen molar-refractivity contribution in [2.75, 3.05) is 5.32 Å². The van der Waals surface area contributed by atoms with Crippen molar-refractivity contribution in [3.8, 4) is 16.9 Å². The summed E-state index contributed by atoms with van der Waals surface area (Å²) >= 11 is 7.05. The number of pyridine rings is 1. The summed E-state index contributed by atoms with van der Waals surface area (Å²) in [6.07, 6.45) is 0.423. The van der Waals surface area contributed by atoms with Crippen molar-refractivity contribution in [2.45, 2.75) is 47.4 Å². The molecule has 14 heteroatoms. The average molecular weight is 614 g/mol. The number of thiophene rings is 1. The van der Waals surface area contributed by atoms with E-state index in [4.69, 9.17) is 22.1 Å². The predicted molar refractivity (Wildman–Crippen MR) is 156 cm³/mol. The maximum Gasteiger partial charge on any atom is 0.280 e. The second kappa shape index (κ2) is 11.5. The topological polar surface area (TPSA) is 130 Å². The zero-order valence-electron chi connectivity index (χ0n) is 23.0. The van der Waals surface area contributed by atoms with Crippen LogP contribution in [0.25, 0.3) is 21.3 Å². The van der Waals surface area contributed by atoms with Crippen LogP contribution in [0.5, 0.6) is 5.75 Å². The molecule has 218 valence electrons. The Bertz CT molecular complexity index is 1820. The Labute approximate surface area is 248 Å². The summed E-state index contributed by atoms with van der Waals surface area (Å²) in [5.41, 5.74) is 8.50. The van der Waals surface area contributed by atoms with Gasteiger partial charge in [0.1, 0.15) is 21.2 Å². The Morgan fingerprint density at radius 2 is 1.83 bits per heavy atom. The SMILES string of the molecule is CCn1cc(-c2cc(C(F)F)nc3sc(C(N)=O)c(NC(=O)c4ccn(COc5cc(C)c(Cl)c(C)c5)n4)c23)c(C)n1. The molecule has 0 atom stereocenters. The minimum absolute atomic E-state index is 0.0207. The molecule has 0 aliphatic heterocycles. The van der Waals surface area contributed by atoms with Crippen molar-refractivity contribution in [3.63, 3.8) is 0 Å². The van der Waals surface area contributed by atoms with Gasteiger partial charge >= 0.3 is 0 Å². The number of alkyl halides is 2. The monoisotopic (exact) mass is 613 g/mol. The number of nitrogens with zero attached hydrogens (tertiary/aromatic N) is 5. The zero-order valence-corrected chi connectivity index (χ0v) is 24.6. The molecule has 10 nitrogen and oxygen atoms in total. The van der Waals surface area contributed by atoms with E-state index in [2.05, 4.69) is 20.5 Å². The smallest absolute Gasteiger partial charge is 0.280 e. The molecule has 0 unspecified atom stereocenters. The Balaban J connectivity index is 1.50. The highest BCUT2D eigenvalue weighted by Gasteiger charge is 2.27. The van der Waals surface area contributed by atoms with Crippen molar-refractivity contribution in [1.29, 1.82) is 0 Å². The van der Waals surface area contributed by atoms with E-state index >= 15 is 0 Å². The van der Waals surface area contributed by atoms with E-state index < -0.39 is 23.9 Å². The molecule has 4 aromatic heterocycles. The second-order valence-electron chi connectivity index (χ2n) is 9.57. The highest BCUT2D eigenvalue weighted by atomic mass is 35.5. The molecule has 0 fully saturated rings.